The fourth-order valence-corrected chi connectivity index (χ4v) is 2.19. The van der Waals surface area contributed by atoms with E-state index in [-0.39, 0.29) is 5.97 Å². The van der Waals surface area contributed by atoms with Gasteiger partial charge in [0.15, 0.2) is 0 Å². The summed E-state index contributed by atoms with van der Waals surface area (Å²) in [4.78, 5) is 12.0. The van der Waals surface area contributed by atoms with Crippen LogP contribution in [0.5, 0.6) is 0 Å². The maximum absolute atomic E-state index is 12.0. The number of carbonyl (C=O) groups excluding carboxylic acids is 1. The first-order valence-corrected chi connectivity index (χ1v) is 6.69. The van der Waals surface area contributed by atoms with Crippen molar-refractivity contribution in [3.8, 4) is 11.3 Å². The molecule has 3 nitrogen and oxygen atoms in total. The van der Waals surface area contributed by atoms with Crippen molar-refractivity contribution in [2.75, 3.05) is 6.61 Å². The van der Waals surface area contributed by atoms with E-state index in [1.165, 1.54) is 0 Å². The van der Waals surface area contributed by atoms with Gasteiger partial charge < -0.3 is 9.30 Å². The van der Waals surface area contributed by atoms with Crippen molar-refractivity contribution in [2.45, 2.75) is 26.8 Å². The lowest BCUT2D eigenvalue weighted by atomic mass is 10.1. The molecular formula is C16H19NO2. The quantitative estimate of drug-likeness (QED) is 0.764. The van der Waals surface area contributed by atoms with Crippen molar-refractivity contribution in [3.05, 3.63) is 48.2 Å². The summed E-state index contributed by atoms with van der Waals surface area (Å²) >= 11 is 0. The van der Waals surface area contributed by atoms with Gasteiger partial charge in [0.05, 0.1) is 17.9 Å². The lowest BCUT2D eigenvalue weighted by Gasteiger charge is -2.10. The monoisotopic (exact) mass is 257 g/mol. The normalized spacial score (nSPS) is 10.4. The summed E-state index contributed by atoms with van der Waals surface area (Å²) in [5, 5.41) is 0. The third-order valence-electron chi connectivity index (χ3n) is 2.97. The summed E-state index contributed by atoms with van der Waals surface area (Å²) in [6.45, 7) is 5.23. The van der Waals surface area contributed by atoms with Gasteiger partial charge in [0.25, 0.3) is 0 Å². The van der Waals surface area contributed by atoms with Crippen LogP contribution < -0.4 is 0 Å². The van der Waals surface area contributed by atoms with Crippen LogP contribution in [-0.2, 0) is 11.3 Å². The van der Waals surface area contributed by atoms with Gasteiger partial charge in [-0.1, -0.05) is 37.3 Å². The predicted octanol–water partition coefficient (Wildman–Crippen LogP) is 3.74. The molecule has 1 aromatic carbocycles. The molecule has 1 aromatic heterocycles. The number of aromatic nitrogens is 1. The Morgan fingerprint density at radius 2 is 1.89 bits per heavy atom. The largest absolute Gasteiger partial charge is 0.462 e. The highest BCUT2D eigenvalue weighted by Gasteiger charge is 2.17. The first kappa shape index (κ1) is 13.4. The van der Waals surface area contributed by atoms with Gasteiger partial charge in [0.2, 0.25) is 0 Å². The Morgan fingerprint density at radius 3 is 2.53 bits per heavy atom. The molecule has 2 rings (SSSR count). The molecule has 0 aliphatic carbocycles. The Kier molecular flexibility index (Phi) is 4.39. The zero-order chi connectivity index (χ0) is 13.7. The summed E-state index contributed by atoms with van der Waals surface area (Å²) in [7, 11) is 0. The number of aryl methyl sites for hydroxylation is 1. The molecule has 1 heterocycles. The molecule has 0 aliphatic heterocycles. The molecule has 0 amide bonds. The Hall–Kier alpha value is -2.03. The summed E-state index contributed by atoms with van der Waals surface area (Å²) in [6.07, 6.45) is 2.98. The summed E-state index contributed by atoms with van der Waals surface area (Å²) in [6, 6.07) is 11.8. The van der Waals surface area contributed by atoms with E-state index in [9.17, 15) is 4.79 Å². The molecule has 3 heteroatoms. The first-order valence-electron chi connectivity index (χ1n) is 6.69. The van der Waals surface area contributed by atoms with E-state index in [2.05, 4.69) is 11.5 Å². The Bertz CT molecular complexity index is 543. The Balaban J connectivity index is 2.48. The van der Waals surface area contributed by atoms with Gasteiger partial charge in [0.1, 0.15) is 0 Å². The third-order valence-corrected chi connectivity index (χ3v) is 2.97. The van der Waals surface area contributed by atoms with E-state index < -0.39 is 0 Å². The molecule has 0 aliphatic rings. The van der Waals surface area contributed by atoms with E-state index in [1.807, 2.05) is 49.5 Å². The van der Waals surface area contributed by atoms with Crippen LogP contribution in [0.1, 0.15) is 30.6 Å². The molecule has 0 bridgehead atoms. The van der Waals surface area contributed by atoms with Crippen molar-refractivity contribution in [1.82, 2.24) is 4.57 Å². The maximum atomic E-state index is 12.0. The topological polar surface area (TPSA) is 31.2 Å². The minimum Gasteiger partial charge on any atom is -0.462 e. The number of carbonyl (C=O) groups is 1. The van der Waals surface area contributed by atoms with Crippen LogP contribution in [0.2, 0.25) is 0 Å². The molecule has 0 fully saturated rings. The molecule has 0 N–H and O–H groups in total. The summed E-state index contributed by atoms with van der Waals surface area (Å²) in [5.41, 5.74) is 2.63. The number of benzene rings is 1. The first-order chi connectivity index (χ1) is 9.27. The zero-order valence-corrected chi connectivity index (χ0v) is 11.4. The lowest BCUT2D eigenvalue weighted by Crippen LogP contribution is -2.07. The number of hydrogen-bond acceptors (Lipinski definition) is 2. The standard InChI is InChI=1S/C16H19NO2/c1-3-11-17-12-10-14(16(18)19-4-2)15(17)13-8-6-5-7-9-13/h5-10,12H,3-4,11H2,1-2H3. The number of esters is 1. The molecular weight excluding hydrogens is 238 g/mol. The van der Waals surface area contributed by atoms with Gasteiger partial charge in [-0.15, -0.1) is 0 Å². The number of ether oxygens (including phenoxy) is 1. The molecule has 0 unspecified atom stereocenters. The fraction of sp³-hybridized carbons (Fsp3) is 0.312. The van der Waals surface area contributed by atoms with Crippen LogP contribution in [0.4, 0.5) is 0 Å². The van der Waals surface area contributed by atoms with E-state index in [1.54, 1.807) is 0 Å². The van der Waals surface area contributed by atoms with Crippen LogP contribution in [0.3, 0.4) is 0 Å². The fourth-order valence-electron chi connectivity index (χ4n) is 2.19. The van der Waals surface area contributed by atoms with Gasteiger partial charge in [0, 0.05) is 12.7 Å². The van der Waals surface area contributed by atoms with Gasteiger partial charge in [-0.3, -0.25) is 0 Å². The highest BCUT2D eigenvalue weighted by molar-refractivity contribution is 5.96. The average Bonchev–Trinajstić information content (AvgIpc) is 2.84. The van der Waals surface area contributed by atoms with Crippen molar-refractivity contribution >= 4 is 5.97 Å². The molecule has 19 heavy (non-hydrogen) atoms. The molecule has 0 atom stereocenters. The van der Waals surface area contributed by atoms with Gasteiger partial charge in [-0.2, -0.15) is 0 Å². The maximum Gasteiger partial charge on any atom is 0.340 e. The van der Waals surface area contributed by atoms with Gasteiger partial charge >= 0.3 is 5.97 Å². The lowest BCUT2D eigenvalue weighted by molar-refractivity contribution is 0.0527. The summed E-state index contributed by atoms with van der Waals surface area (Å²) < 4.78 is 7.24. The minimum absolute atomic E-state index is 0.254. The van der Waals surface area contributed by atoms with Gasteiger partial charge in [-0.25, -0.2) is 4.79 Å². The summed E-state index contributed by atoms with van der Waals surface area (Å²) in [5.74, 6) is -0.254. The van der Waals surface area contributed by atoms with Crippen molar-refractivity contribution in [1.29, 1.82) is 0 Å². The van der Waals surface area contributed by atoms with Crippen molar-refractivity contribution in [3.63, 3.8) is 0 Å². The van der Waals surface area contributed by atoms with Crippen LogP contribution in [-0.4, -0.2) is 17.1 Å². The van der Waals surface area contributed by atoms with Crippen molar-refractivity contribution < 1.29 is 9.53 Å². The number of hydrogen-bond donors (Lipinski definition) is 0. The smallest absolute Gasteiger partial charge is 0.340 e. The van der Waals surface area contributed by atoms with E-state index in [0.717, 1.165) is 24.2 Å². The molecule has 0 radical (unpaired) electrons. The predicted molar refractivity (Wildman–Crippen MR) is 76.1 cm³/mol. The average molecular weight is 257 g/mol. The third kappa shape index (κ3) is 2.87. The molecule has 0 saturated carbocycles. The van der Waals surface area contributed by atoms with Crippen LogP contribution in [0.25, 0.3) is 11.3 Å². The Morgan fingerprint density at radius 1 is 1.16 bits per heavy atom. The van der Waals surface area contributed by atoms with Crippen LogP contribution >= 0.6 is 0 Å². The molecule has 0 spiro atoms. The van der Waals surface area contributed by atoms with E-state index in [4.69, 9.17) is 4.74 Å². The second kappa shape index (κ2) is 6.23. The molecule has 100 valence electrons. The highest BCUT2D eigenvalue weighted by atomic mass is 16.5. The molecule has 0 saturated heterocycles. The number of nitrogens with zero attached hydrogens (tertiary/aromatic N) is 1. The zero-order valence-electron chi connectivity index (χ0n) is 11.4. The van der Waals surface area contributed by atoms with Crippen LogP contribution in [0, 0.1) is 0 Å². The van der Waals surface area contributed by atoms with E-state index >= 15 is 0 Å². The Labute approximate surface area is 113 Å². The van der Waals surface area contributed by atoms with Crippen molar-refractivity contribution in [2.24, 2.45) is 0 Å². The molecule has 2 aromatic rings. The van der Waals surface area contributed by atoms with Gasteiger partial charge in [-0.05, 0) is 25.0 Å². The number of rotatable bonds is 5. The van der Waals surface area contributed by atoms with Crippen LogP contribution in [0.15, 0.2) is 42.6 Å². The minimum atomic E-state index is -0.254. The second-order valence-electron chi connectivity index (χ2n) is 4.36. The SMILES string of the molecule is CCCn1ccc(C(=O)OCC)c1-c1ccccc1. The van der Waals surface area contributed by atoms with E-state index in [0.29, 0.717) is 12.2 Å². The second-order valence-corrected chi connectivity index (χ2v) is 4.36. The highest BCUT2D eigenvalue weighted by Crippen LogP contribution is 2.26.